The highest BCUT2D eigenvalue weighted by Crippen LogP contribution is 2.26. The molecule has 0 unspecified atom stereocenters. The number of rotatable bonds is 4. The molecule has 0 fully saturated rings. The molecule has 0 saturated carbocycles. The van der Waals surface area contributed by atoms with Crippen LogP contribution in [0.15, 0.2) is 71.7 Å². The van der Waals surface area contributed by atoms with Crippen LogP contribution in [0.5, 0.6) is 0 Å². The molecule has 0 aliphatic carbocycles. The van der Waals surface area contributed by atoms with Gasteiger partial charge in [-0.05, 0) is 18.2 Å². The second kappa shape index (κ2) is 10.0. The molecule has 2 aromatic carbocycles. The molecular formula is C20H19BrClN3O. The standard InChI is InChI=1S/C18H15BrClN3O.C2H4/c19-9-14(24)10-21-17-11-22-18(12-4-2-1-3-5-12)15-8-13(20)6-7-16(15)23-17;1-2/h1-8H,9-11H2,(H,21,23);1-2H2. The third-order valence-electron chi connectivity index (χ3n) is 3.55. The van der Waals surface area contributed by atoms with E-state index in [1.165, 1.54) is 0 Å². The summed E-state index contributed by atoms with van der Waals surface area (Å²) in [5, 5.41) is 4.22. The van der Waals surface area contributed by atoms with Crippen molar-refractivity contribution in [1.82, 2.24) is 0 Å². The summed E-state index contributed by atoms with van der Waals surface area (Å²) >= 11 is 9.33. The topological polar surface area (TPSA) is 53.8 Å². The number of hydrogen-bond donors (Lipinski definition) is 1. The van der Waals surface area contributed by atoms with Gasteiger partial charge in [-0.15, -0.1) is 13.2 Å². The molecule has 2 aromatic rings. The number of amidine groups is 1. The Morgan fingerprint density at radius 3 is 2.65 bits per heavy atom. The number of benzodiazepines with no additional fused rings is 1. The molecule has 0 atom stereocenters. The number of ketones is 1. The Hall–Kier alpha value is -2.24. The fourth-order valence-corrected chi connectivity index (χ4v) is 2.76. The molecule has 134 valence electrons. The van der Waals surface area contributed by atoms with Crippen LogP contribution in [0.3, 0.4) is 0 Å². The summed E-state index contributed by atoms with van der Waals surface area (Å²) in [5.74, 6) is 0.691. The zero-order valence-electron chi connectivity index (χ0n) is 14.2. The van der Waals surface area contributed by atoms with Gasteiger partial charge in [0.05, 0.1) is 17.6 Å². The number of aliphatic imine (C=N–C) groups is 2. The van der Waals surface area contributed by atoms with E-state index < -0.39 is 0 Å². The third-order valence-corrected chi connectivity index (χ3v) is 4.41. The maximum Gasteiger partial charge on any atom is 0.164 e. The lowest BCUT2D eigenvalue weighted by molar-refractivity contribution is -0.115. The van der Waals surface area contributed by atoms with Crippen LogP contribution in [0.4, 0.5) is 5.69 Å². The molecule has 26 heavy (non-hydrogen) atoms. The van der Waals surface area contributed by atoms with E-state index in [4.69, 9.17) is 16.6 Å². The first kappa shape index (κ1) is 20.1. The molecule has 1 heterocycles. The van der Waals surface area contributed by atoms with Crippen LogP contribution in [-0.2, 0) is 4.79 Å². The highest BCUT2D eigenvalue weighted by Gasteiger charge is 2.17. The zero-order chi connectivity index (χ0) is 18.9. The Morgan fingerprint density at radius 1 is 1.23 bits per heavy atom. The number of nitrogens with zero attached hydrogens (tertiary/aromatic N) is 2. The predicted molar refractivity (Wildman–Crippen MR) is 114 cm³/mol. The van der Waals surface area contributed by atoms with Crippen LogP contribution in [0, 0.1) is 0 Å². The van der Waals surface area contributed by atoms with Gasteiger partial charge >= 0.3 is 0 Å². The van der Waals surface area contributed by atoms with Crippen LogP contribution in [0.25, 0.3) is 0 Å². The van der Waals surface area contributed by atoms with Crippen LogP contribution in [0.1, 0.15) is 11.1 Å². The average molecular weight is 433 g/mol. The van der Waals surface area contributed by atoms with Crippen molar-refractivity contribution in [1.29, 1.82) is 0 Å². The van der Waals surface area contributed by atoms with E-state index in [0.717, 1.165) is 22.5 Å². The minimum atomic E-state index is 0.0251. The highest BCUT2D eigenvalue weighted by molar-refractivity contribution is 9.09. The number of nitrogens with one attached hydrogen (secondary N) is 1. The van der Waals surface area contributed by atoms with E-state index in [2.05, 4.69) is 39.4 Å². The number of Topliss-reactive ketones (excluding diaryl/α,β-unsaturated/α-hetero) is 1. The summed E-state index contributed by atoms with van der Waals surface area (Å²) < 4.78 is 0. The highest BCUT2D eigenvalue weighted by atomic mass is 79.9. The van der Waals surface area contributed by atoms with Crippen molar-refractivity contribution in [2.75, 3.05) is 23.7 Å². The van der Waals surface area contributed by atoms with Gasteiger partial charge in [-0.1, -0.05) is 57.9 Å². The number of alkyl halides is 1. The number of benzene rings is 2. The van der Waals surface area contributed by atoms with Crippen LogP contribution in [-0.4, -0.2) is 35.8 Å². The minimum absolute atomic E-state index is 0.0251. The number of fused-ring (bicyclic) bond motifs is 1. The Balaban J connectivity index is 0.00000117. The lowest BCUT2D eigenvalue weighted by atomic mass is 10.0. The smallest absolute Gasteiger partial charge is 0.164 e. The van der Waals surface area contributed by atoms with E-state index in [1.54, 1.807) is 0 Å². The number of hydrogen-bond acceptors (Lipinski definition) is 3. The van der Waals surface area contributed by atoms with Crippen molar-refractivity contribution in [3.8, 4) is 0 Å². The fourth-order valence-electron chi connectivity index (χ4n) is 2.41. The molecule has 0 spiro atoms. The molecule has 6 heteroatoms. The number of carbonyl (C=O) groups is 1. The lowest BCUT2D eigenvalue weighted by Crippen LogP contribution is -2.17. The van der Waals surface area contributed by atoms with Gasteiger partial charge in [-0.3, -0.25) is 14.8 Å². The molecule has 0 amide bonds. The van der Waals surface area contributed by atoms with Gasteiger partial charge in [0.15, 0.2) is 5.78 Å². The average Bonchev–Trinajstić information content (AvgIpc) is 2.87. The van der Waals surface area contributed by atoms with E-state index in [9.17, 15) is 4.79 Å². The summed E-state index contributed by atoms with van der Waals surface area (Å²) in [6.45, 7) is 6.51. The van der Waals surface area contributed by atoms with Gasteiger partial charge in [0.25, 0.3) is 0 Å². The molecule has 0 bridgehead atoms. The number of anilines is 1. The van der Waals surface area contributed by atoms with Crippen molar-refractivity contribution >= 4 is 50.5 Å². The number of halogens is 2. The summed E-state index contributed by atoms with van der Waals surface area (Å²) in [7, 11) is 0. The summed E-state index contributed by atoms with van der Waals surface area (Å²) in [6, 6.07) is 15.6. The summed E-state index contributed by atoms with van der Waals surface area (Å²) in [6.07, 6.45) is 0. The Kier molecular flexibility index (Phi) is 7.75. The van der Waals surface area contributed by atoms with Gasteiger partial charge in [-0.25, -0.2) is 0 Å². The molecule has 3 rings (SSSR count). The Bertz CT molecular complexity index is 834. The molecule has 0 radical (unpaired) electrons. The normalized spacial score (nSPS) is 14.2. The molecular weight excluding hydrogens is 414 g/mol. The second-order valence-corrected chi connectivity index (χ2v) is 6.28. The van der Waals surface area contributed by atoms with Gasteiger partial charge in [-0.2, -0.15) is 0 Å². The third kappa shape index (κ3) is 5.13. The van der Waals surface area contributed by atoms with Crippen LogP contribution < -0.4 is 5.32 Å². The molecule has 0 aromatic heterocycles. The van der Waals surface area contributed by atoms with Crippen molar-refractivity contribution in [3.05, 3.63) is 77.8 Å². The summed E-state index contributed by atoms with van der Waals surface area (Å²) in [5.41, 5.74) is 3.67. The van der Waals surface area contributed by atoms with Gasteiger partial charge in [0.2, 0.25) is 0 Å². The van der Waals surface area contributed by atoms with E-state index in [1.807, 2.05) is 48.5 Å². The summed E-state index contributed by atoms with van der Waals surface area (Å²) in [4.78, 5) is 20.5. The first-order valence-corrected chi connectivity index (χ1v) is 9.45. The van der Waals surface area contributed by atoms with Crippen molar-refractivity contribution in [3.63, 3.8) is 0 Å². The molecule has 1 N–H and O–H groups in total. The molecule has 1 aliphatic rings. The molecule has 4 nitrogen and oxygen atoms in total. The van der Waals surface area contributed by atoms with Crippen LogP contribution in [0.2, 0.25) is 5.02 Å². The predicted octanol–water partition coefficient (Wildman–Crippen LogP) is 4.77. The maximum atomic E-state index is 11.5. The lowest BCUT2D eigenvalue weighted by Gasteiger charge is -2.11. The van der Waals surface area contributed by atoms with Crippen molar-refractivity contribution in [2.45, 2.75) is 0 Å². The largest absolute Gasteiger partial charge is 0.342 e. The minimum Gasteiger partial charge on any atom is -0.342 e. The quantitative estimate of drug-likeness (QED) is 0.559. The first-order chi connectivity index (χ1) is 12.7. The van der Waals surface area contributed by atoms with Crippen molar-refractivity contribution < 1.29 is 4.79 Å². The van der Waals surface area contributed by atoms with Gasteiger partial charge < -0.3 is 5.32 Å². The zero-order valence-corrected chi connectivity index (χ0v) is 16.6. The maximum absolute atomic E-state index is 11.5. The second-order valence-electron chi connectivity index (χ2n) is 5.28. The van der Waals surface area contributed by atoms with Gasteiger partial charge in [0.1, 0.15) is 12.4 Å². The van der Waals surface area contributed by atoms with E-state index in [0.29, 0.717) is 22.7 Å². The van der Waals surface area contributed by atoms with E-state index >= 15 is 0 Å². The number of carbonyl (C=O) groups excluding carboxylic acids is 1. The Labute approximate surface area is 166 Å². The molecule has 1 aliphatic heterocycles. The van der Waals surface area contributed by atoms with Crippen molar-refractivity contribution in [2.24, 2.45) is 9.98 Å². The van der Waals surface area contributed by atoms with Gasteiger partial charge in [0, 0.05) is 21.8 Å². The monoisotopic (exact) mass is 431 g/mol. The Morgan fingerprint density at radius 2 is 1.96 bits per heavy atom. The molecule has 0 saturated heterocycles. The fraction of sp³-hybridized carbons (Fsp3) is 0.150. The SMILES string of the molecule is C=C.O=C(CBr)CN=C1CN=C(c2ccccc2)c2cc(Cl)ccc2N1. The van der Waals surface area contributed by atoms with E-state index in [-0.39, 0.29) is 12.3 Å². The van der Waals surface area contributed by atoms with Crippen LogP contribution >= 0.6 is 27.5 Å². The first-order valence-electron chi connectivity index (χ1n) is 7.95.